The van der Waals surface area contributed by atoms with E-state index < -0.39 is 43.5 Å². The zero-order valence-electron chi connectivity index (χ0n) is 21.7. The number of sulfone groups is 1. The van der Waals surface area contributed by atoms with Crippen molar-refractivity contribution in [3.63, 3.8) is 0 Å². The van der Waals surface area contributed by atoms with E-state index in [1.165, 1.54) is 24.3 Å². The molecule has 41 heavy (non-hydrogen) atoms. The van der Waals surface area contributed by atoms with Crippen molar-refractivity contribution in [3.05, 3.63) is 119 Å². The summed E-state index contributed by atoms with van der Waals surface area (Å²) in [5.41, 5.74) is -1.17. The van der Waals surface area contributed by atoms with Gasteiger partial charge in [-0.3, -0.25) is 0 Å². The van der Waals surface area contributed by atoms with Crippen LogP contribution in [0.15, 0.2) is 107 Å². The van der Waals surface area contributed by atoms with E-state index in [2.05, 4.69) is 0 Å². The zero-order chi connectivity index (χ0) is 29.6. The van der Waals surface area contributed by atoms with Crippen molar-refractivity contribution in [3.8, 4) is 11.5 Å². The van der Waals surface area contributed by atoms with E-state index in [0.29, 0.717) is 0 Å². The lowest BCUT2D eigenvalue weighted by molar-refractivity contribution is 0.0583. The average Bonchev–Trinajstić information content (AvgIpc) is 3.00. The molecule has 0 amide bonds. The maximum atomic E-state index is 13.7. The van der Waals surface area contributed by atoms with E-state index in [1.807, 2.05) is 0 Å². The van der Waals surface area contributed by atoms with Crippen molar-refractivity contribution < 1.29 is 46.5 Å². The van der Waals surface area contributed by atoms with Gasteiger partial charge in [0.15, 0.2) is 0 Å². The van der Waals surface area contributed by atoms with Gasteiger partial charge in [-0.25, -0.2) is 27.6 Å². The minimum atomic E-state index is -4.41. The van der Waals surface area contributed by atoms with E-state index in [1.54, 1.807) is 36.4 Å². The van der Waals surface area contributed by atoms with Crippen molar-refractivity contribution in [2.75, 3.05) is 14.2 Å². The van der Waals surface area contributed by atoms with E-state index >= 15 is 0 Å². The number of carbonyl (C=O) groups excluding carboxylic acids is 4. The monoisotopic (exact) mass is 574 g/mol. The maximum Gasteiger partial charge on any atom is 0.344 e. The summed E-state index contributed by atoms with van der Waals surface area (Å²) < 4.78 is 47.4. The summed E-state index contributed by atoms with van der Waals surface area (Å²) in [6.07, 6.45) is 0. The van der Waals surface area contributed by atoms with Crippen LogP contribution in [0, 0.1) is 0 Å². The fourth-order valence-corrected chi connectivity index (χ4v) is 5.04. The predicted octanol–water partition coefficient (Wildman–Crippen LogP) is 4.53. The van der Waals surface area contributed by atoms with Gasteiger partial charge in [0.1, 0.15) is 11.5 Å². The Kier molecular flexibility index (Phi) is 8.59. The summed E-state index contributed by atoms with van der Waals surface area (Å²) in [6.45, 7) is 0. The lowest BCUT2D eigenvalue weighted by Crippen LogP contribution is -2.18. The number of benzene rings is 4. The molecule has 0 spiro atoms. The first-order valence-corrected chi connectivity index (χ1v) is 13.4. The van der Waals surface area contributed by atoms with Crippen molar-refractivity contribution >= 4 is 33.7 Å². The Morgan fingerprint density at radius 2 is 0.854 bits per heavy atom. The molecular formula is C30H22O10S. The van der Waals surface area contributed by atoms with Gasteiger partial charge in [-0.1, -0.05) is 36.4 Å². The average molecular weight is 575 g/mol. The molecule has 0 radical (unpaired) electrons. The molecule has 0 unspecified atom stereocenters. The molecule has 0 fully saturated rings. The molecule has 0 aliphatic rings. The topological polar surface area (TPSA) is 139 Å². The molecular weight excluding hydrogens is 552 g/mol. The molecule has 208 valence electrons. The first-order chi connectivity index (χ1) is 19.6. The fraction of sp³-hybridized carbons (Fsp3) is 0.0667. The van der Waals surface area contributed by atoms with Crippen molar-refractivity contribution in [1.82, 2.24) is 0 Å². The Hall–Kier alpha value is -5.29. The highest BCUT2D eigenvalue weighted by Crippen LogP contribution is 2.28. The minimum absolute atomic E-state index is 0.168. The standard InChI is InChI=1S/C30H22O10S/c1-37-27(31)23-15-13-21(17-25(23)29(33)39-19-9-5-3-6-10-19)41(35,36)22-14-16-24(28(32)38-2)26(18-22)30(34)40-20-11-7-4-8-12-20/h3-18H,1-2H3. The Morgan fingerprint density at radius 1 is 0.488 bits per heavy atom. The van der Waals surface area contributed by atoms with Crippen LogP contribution in [0.2, 0.25) is 0 Å². The van der Waals surface area contributed by atoms with Crippen LogP contribution in [0.4, 0.5) is 0 Å². The van der Waals surface area contributed by atoms with Gasteiger partial charge < -0.3 is 18.9 Å². The molecule has 0 aromatic heterocycles. The van der Waals surface area contributed by atoms with Crippen LogP contribution in [-0.2, 0) is 19.3 Å². The number of methoxy groups -OCH3 is 2. The van der Waals surface area contributed by atoms with Gasteiger partial charge in [-0.05, 0) is 60.7 Å². The van der Waals surface area contributed by atoms with Crippen molar-refractivity contribution in [2.24, 2.45) is 0 Å². The van der Waals surface area contributed by atoms with E-state index in [9.17, 15) is 27.6 Å². The van der Waals surface area contributed by atoms with Crippen LogP contribution in [0.1, 0.15) is 41.4 Å². The number of ether oxygens (including phenoxy) is 4. The molecule has 0 aliphatic carbocycles. The smallest absolute Gasteiger partial charge is 0.344 e. The van der Waals surface area contributed by atoms with E-state index in [4.69, 9.17) is 18.9 Å². The van der Waals surface area contributed by atoms with Crippen molar-refractivity contribution in [1.29, 1.82) is 0 Å². The Balaban J connectivity index is 1.78. The van der Waals surface area contributed by atoms with Gasteiger partial charge in [0, 0.05) is 0 Å². The SMILES string of the molecule is COC(=O)c1ccc(S(=O)(=O)c2ccc(C(=O)OC)c(C(=O)Oc3ccccc3)c2)cc1C(=O)Oc1ccccc1. The van der Waals surface area contributed by atoms with Crippen LogP contribution < -0.4 is 9.47 Å². The number of rotatable bonds is 8. The third-order valence-electron chi connectivity index (χ3n) is 5.76. The highest BCUT2D eigenvalue weighted by atomic mass is 32.2. The van der Waals surface area contributed by atoms with Gasteiger partial charge in [-0.2, -0.15) is 0 Å². The van der Waals surface area contributed by atoms with Crippen LogP contribution in [0.3, 0.4) is 0 Å². The number of esters is 4. The van der Waals surface area contributed by atoms with Gasteiger partial charge >= 0.3 is 23.9 Å². The third kappa shape index (κ3) is 6.31. The van der Waals surface area contributed by atoms with Gasteiger partial charge in [0.25, 0.3) is 0 Å². The Bertz CT molecular complexity index is 1610. The molecule has 0 saturated heterocycles. The molecule has 0 N–H and O–H groups in total. The van der Waals surface area contributed by atoms with Gasteiger partial charge in [0.05, 0.1) is 46.3 Å². The lowest BCUT2D eigenvalue weighted by Gasteiger charge is -2.13. The third-order valence-corrected chi connectivity index (χ3v) is 7.51. The quantitative estimate of drug-likeness (QED) is 0.218. The summed E-state index contributed by atoms with van der Waals surface area (Å²) in [6, 6.07) is 22.4. The van der Waals surface area contributed by atoms with Crippen LogP contribution in [0.25, 0.3) is 0 Å². The number of hydrogen-bond donors (Lipinski definition) is 0. The van der Waals surface area contributed by atoms with Gasteiger partial charge in [0.2, 0.25) is 9.84 Å². The van der Waals surface area contributed by atoms with Crippen LogP contribution in [-0.4, -0.2) is 46.5 Å². The second-order valence-corrected chi connectivity index (χ2v) is 10.3. The molecule has 11 heteroatoms. The summed E-state index contributed by atoms with van der Waals surface area (Å²) >= 11 is 0. The zero-order valence-corrected chi connectivity index (χ0v) is 22.5. The van der Waals surface area contributed by atoms with Crippen LogP contribution >= 0.6 is 0 Å². The largest absolute Gasteiger partial charge is 0.465 e. The number of para-hydroxylation sites is 2. The molecule has 0 bridgehead atoms. The molecule has 10 nitrogen and oxygen atoms in total. The fourth-order valence-electron chi connectivity index (χ4n) is 3.73. The molecule has 4 aromatic carbocycles. The second kappa shape index (κ2) is 12.3. The van der Waals surface area contributed by atoms with E-state index in [-0.39, 0.29) is 33.8 Å². The van der Waals surface area contributed by atoms with Crippen LogP contribution in [0.5, 0.6) is 11.5 Å². The van der Waals surface area contributed by atoms with Crippen molar-refractivity contribution in [2.45, 2.75) is 9.79 Å². The second-order valence-electron chi connectivity index (χ2n) is 8.31. The number of hydrogen-bond acceptors (Lipinski definition) is 10. The molecule has 0 aliphatic heterocycles. The molecule has 0 saturated carbocycles. The molecule has 4 rings (SSSR count). The van der Waals surface area contributed by atoms with E-state index in [0.717, 1.165) is 50.6 Å². The first kappa shape index (κ1) is 28.7. The molecule has 4 aromatic rings. The predicted molar refractivity (Wildman–Crippen MR) is 144 cm³/mol. The summed E-state index contributed by atoms with van der Waals surface area (Å²) in [7, 11) is -2.20. The highest BCUT2D eigenvalue weighted by Gasteiger charge is 2.28. The summed E-state index contributed by atoms with van der Waals surface area (Å²) in [5.74, 6) is -3.43. The number of carbonyl (C=O) groups is 4. The highest BCUT2D eigenvalue weighted by molar-refractivity contribution is 7.91. The molecule has 0 atom stereocenters. The normalized spacial score (nSPS) is 10.8. The Labute approximate surface area is 235 Å². The summed E-state index contributed by atoms with van der Waals surface area (Å²) in [5, 5.41) is 0. The maximum absolute atomic E-state index is 13.7. The summed E-state index contributed by atoms with van der Waals surface area (Å²) in [4.78, 5) is 49.9. The minimum Gasteiger partial charge on any atom is -0.465 e. The lowest BCUT2D eigenvalue weighted by atomic mass is 10.1. The first-order valence-electron chi connectivity index (χ1n) is 11.9. The molecule has 0 heterocycles. The Morgan fingerprint density at radius 3 is 1.20 bits per heavy atom. The van der Waals surface area contributed by atoms with Gasteiger partial charge in [-0.15, -0.1) is 0 Å².